The van der Waals surface area contributed by atoms with Gasteiger partial charge in [-0.15, -0.1) is 0 Å². The summed E-state index contributed by atoms with van der Waals surface area (Å²) in [5.74, 6) is 0. The first kappa shape index (κ1) is 10.2. The van der Waals surface area contributed by atoms with Crippen molar-refractivity contribution < 1.29 is 18.3 Å². The van der Waals surface area contributed by atoms with Crippen molar-refractivity contribution in [3.05, 3.63) is 0 Å². The van der Waals surface area contributed by atoms with Crippen molar-refractivity contribution in [2.75, 3.05) is 19.6 Å². The van der Waals surface area contributed by atoms with Gasteiger partial charge in [-0.3, -0.25) is 0 Å². The zero-order valence-corrected chi connectivity index (χ0v) is 7.30. The summed E-state index contributed by atoms with van der Waals surface area (Å²) >= 11 is 0. The quantitative estimate of drug-likeness (QED) is 0.716. The summed E-state index contributed by atoms with van der Waals surface area (Å²) in [6.07, 6.45) is -0.511. The molecule has 0 aliphatic carbocycles. The molecule has 1 heterocycles. The monoisotopic (exact) mass is 194 g/mol. The summed E-state index contributed by atoms with van der Waals surface area (Å²) in [5.41, 5.74) is 0. The summed E-state index contributed by atoms with van der Waals surface area (Å²) in [4.78, 5) is 12.5. The smallest absolute Gasteiger partial charge is 0.338 e. The van der Waals surface area contributed by atoms with E-state index < -0.39 is 12.7 Å². The van der Waals surface area contributed by atoms with Gasteiger partial charge in [-0.05, 0) is 6.92 Å². The van der Waals surface area contributed by atoms with Crippen molar-refractivity contribution in [1.82, 2.24) is 10.2 Å². The number of likely N-dealkylation sites (tertiary alicyclic amines) is 1. The van der Waals surface area contributed by atoms with Gasteiger partial charge < -0.3 is 15.0 Å². The van der Waals surface area contributed by atoms with Crippen LogP contribution in [0.2, 0.25) is 0 Å². The van der Waals surface area contributed by atoms with Crippen LogP contribution in [0, 0.1) is 0 Å². The molecule has 0 bridgehead atoms. The van der Waals surface area contributed by atoms with E-state index in [9.17, 15) is 13.6 Å². The Morgan fingerprint density at radius 1 is 1.69 bits per heavy atom. The molecule has 1 fully saturated rings. The molecular formula is C7H12F2N2O2. The molecule has 1 aliphatic rings. The average molecular weight is 194 g/mol. The molecule has 1 saturated heterocycles. The van der Waals surface area contributed by atoms with Crippen molar-refractivity contribution >= 4 is 6.03 Å². The van der Waals surface area contributed by atoms with Gasteiger partial charge in [0.05, 0.1) is 19.2 Å². The Hall–Kier alpha value is -0.910. The van der Waals surface area contributed by atoms with Crippen molar-refractivity contribution in [2.45, 2.75) is 19.6 Å². The first-order valence-corrected chi connectivity index (χ1v) is 4.10. The van der Waals surface area contributed by atoms with Crippen LogP contribution in [0.4, 0.5) is 13.6 Å². The molecule has 0 atom stereocenters. The SMILES string of the molecule is CCNC(=O)N1CC(OC(F)F)C1. The van der Waals surface area contributed by atoms with Crippen molar-refractivity contribution in [3.8, 4) is 0 Å². The number of hydrogen-bond acceptors (Lipinski definition) is 2. The second-order valence-corrected chi connectivity index (χ2v) is 2.76. The van der Waals surface area contributed by atoms with Crippen LogP contribution in [0.25, 0.3) is 0 Å². The predicted octanol–water partition coefficient (Wildman–Crippen LogP) is 0.639. The van der Waals surface area contributed by atoms with E-state index in [1.807, 2.05) is 0 Å². The largest absolute Gasteiger partial charge is 0.345 e. The molecule has 76 valence electrons. The number of nitrogens with one attached hydrogen (secondary N) is 1. The summed E-state index contributed by atoms with van der Waals surface area (Å²) in [7, 11) is 0. The van der Waals surface area contributed by atoms with Crippen molar-refractivity contribution in [3.63, 3.8) is 0 Å². The molecule has 0 unspecified atom stereocenters. The zero-order valence-electron chi connectivity index (χ0n) is 7.30. The number of ether oxygens (including phenoxy) is 1. The van der Waals surface area contributed by atoms with Crippen LogP contribution in [-0.2, 0) is 4.74 Å². The van der Waals surface area contributed by atoms with E-state index in [0.29, 0.717) is 6.54 Å². The Morgan fingerprint density at radius 3 is 2.77 bits per heavy atom. The molecule has 0 aromatic heterocycles. The zero-order chi connectivity index (χ0) is 9.84. The standard InChI is InChI=1S/C7H12F2N2O2/c1-2-10-7(12)11-3-5(4-11)13-6(8)9/h5-6H,2-4H2,1H3,(H,10,12). The van der Waals surface area contributed by atoms with E-state index in [0.717, 1.165) is 0 Å². The lowest BCUT2D eigenvalue weighted by atomic mass is 10.2. The number of carbonyl (C=O) groups excluding carboxylic acids is 1. The molecule has 4 nitrogen and oxygen atoms in total. The van der Waals surface area contributed by atoms with Gasteiger partial charge in [-0.2, -0.15) is 8.78 Å². The molecule has 0 spiro atoms. The summed E-state index contributed by atoms with van der Waals surface area (Å²) < 4.78 is 27.5. The summed E-state index contributed by atoms with van der Waals surface area (Å²) in [5, 5.41) is 2.57. The first-order chi connectivity index (χ1) is 6.13. The fourth-order valence-corrected chi connectivity index (χ4v) is 1.10. The fourth-order valence-electron chi connectivity index (χ4n) is 1.10. The summed E-state index contributed by atoms with van der Waals surface area (Å²) in [6.45, 7) is 0.0776. The van der Waals surface area contributed by atoms with Crippen LogP contribution in [0.5, 0.6) is 0 Å². The highest BCUT2D eigenvalue weighted by atomic mass is 19.3. The number of nitrogens with zero attached hydrogens (tertiary/aromatic N) is 1. The third kappa shape index (κ3) is 2.80. The van der Waals surface area contributed by atoms with Gasteiger partial charge in [-0.1, -0.05) is 0 Å². The van der Waals surface area contributed by atoms with E-state index in [1.54, 1.807) is 6.92 Å². The molecule has 2 amide bonds. The van der Waals surface area contributed by atoms with Gasteiger partial charge in [0, 0.05) is 6.54 Å². The highest BCUT2D eigenvalue weighted by Crippen LogP contribution is 2.14. The molecule has 1 aliphatic heterocycles. The van der Waals surface area contributed by atoms with E-state index in [1.165, 1.54) is 4.90 Å². The van der Waals surface area contributed by atoms with E-state index >= 15 is 0 Å². The third-order valence-electron chi connectivity index (χ3n) is 1.76. The Kier molecular flexibility index (Phi) is 3.41. The molecule has 0 radical (unpaired) electrons. The molecule has 0 aromatic carbocycles. The number of amides is 2. The minimum atomic E-state index is -2.75. The summed E-state index contributed by atoms with van der Waals surface area (Å²) in [6, 6.07) is -0.225. The Balaban J connectivity index is 2.14. The van der Waals surface area contributed by atoms with Gasteiger partial charge in [0.1, 0.15) is 0 Å². The molecular weight excluding hydrogens is 182 g/mol. The number of rotatable bonds is 3. The fraction of sp³-hybridized carbons (Fsp3) is 0.857. The van der Waals surface area contributed by atoms with Gasteiger partial charge in [0.25, 0.3) is 0 Å². The molecule has 0 aromatic rings. The van der Waals surface area contributed by atoms with E-state index in [-0.39, 0.29) is 19.1 Å². The predicted molar refractivity (Wildman–Crippen MR) is 41.5 cm³/mol. The maximum absolute atomic E-state index is 11.6. The lowest BCUT2D eigenvalue weighted by molar-refractivity contribution is -0.189. The Labute approximate surface area is 74.8 Å². The van der Waals surface area contributed by atoms with Gasteiger partial charge in [0.2, 0.25) is 0 Å². The number of halogens is 2. The molecule has 1 rings (SSSR count). The second kappa shape index (κ2) is 4.36. The molecule has 6 heteroatoms. The molecule has 13 heavy (non-hydrogen) atoms. The van der Waals surface area contributed by atoms with Crippen LogP contribution in [0.1, 0.15) is 6.92 Å². The average Bonchev–Trinajstić information content (AvgIpc) is 1.95. The van der Waals surface area contributed by atoms with Gasteiger partial charge in [0.15, 0.2) is 0 Å². The van der Waals surface area contributed by atoms with E-state index in [4.69, 9.17) is 0 Å². The molecule has 1 N–H and O–H groups in total. The van der Waals surface area contributed by atoms with Gasteiger partial charge >= 0.3 is 12.6 Å². The van der Waals surface area contributed by atoms with Gasteiger partial charge in [-0.25, -0.2) is 4.79 Å². The minimum absolute atomic E-state index is 0.225. The lowest BCUT2D eigenvalue weighted by Gasteiger charge is -2.38. The van der Waals surface area contributed by atoms with Crippen LogP contribution in [-0.4, -0.2) is 43.3 Å². The second-order valence-electron chi connectivity index (χ2n) is 2.76. The lowest BCUT2D eigenvalue weighted by Crippen LogP contribution is -2.58. The van der Waals surface area contributed by atoms with Crippen LogP contribution >= 0.6 is 0 Å². The maximum atomic E-state index is 11.6. The molecule has 0 saturated carbocycles. The number of carbonyl (C=O) groups is 1. The first-order valence-electron chi connectivity index (χ1n) is 4.10. The highest BCUT2D eigenvalue weighted by molar-refractivity contribution is 5.75. The number of alkyl halides is 2. The van der Waals surface area contributed by atoms with Crippen LogP contribution in [0.15, 0.2) is 0 Å². The number of urea groups is 1. The Bertz CT molecular complexity index is 183. The van der Waals surface area contributed by atoms with Crippen LogP contribution < -0.4 is 5.32 Å². The normalized spacial score (nSPS) is 17.4. The maximum Gasteiger partial charge on any atom is 0.345 e. The third-order valence-corrected chi connectivity index (χ3v) is 1.76. The number of hydrogen-bond donors (Lipinski definition) is 1. The minimum Gasteiger partial charge on any atom is -0.338 e. The van der Waals surface area contributed by atoms with Crippen LogP contribution in [0.3, 0.4) is 0 Å². The van der Waals surface area contributed by atoms with Crippen molar-refractivity contribution in [1.29, 1.82) is 0 Å². The highest BCUT2D eigenvalue weighted by Gasteiger charge is 2.32. The van der Waals surface area contributed by atoms with Crippen molar-refractivity contribution in [2.24, 2.45) is 0 Å². The van der Waals surface area contributed by atoms with E-state index in [2.05, 4.69) is 10.1 Å². The Morgan fingerprint density at radius 2 is 2.31 bits per heavy atom. The topological polar surface area (TPSA) is 41.6 Å².